The molecule has 0 aliphatic heterocycles. The molecular weight excluding hydrogens is 250 g/mol. The summed E-state index contributed by atoms with van der Waals surface area (Å²) in [5, 5.41) is 0. The highest BCUT2D eigenvalue weighted by Crippen LogP contribution is 2.39. The maximum Gasteiger partial charge on any atom is 0.263 e. The average Bonchev–Trinajstić information content (AvgIpc) is 2.52. The molecule has 3 heteroatoms. The van der Waals surface area contributed by atoms with Crippen LogP contribution < -0.4 is 4.98 Å². The third-order valence-corrected chi connectivity index (χ3v) is 5.71. The molecule has 1 aromatic carbocycles. The minimum absolute atomic E-state index is 0.108. The van der Waals surface area contributed by atoms with Gasteiger partial charge >= 0.3 is 0 Å². The van der Waals surface area contributed by atoms with E-state index in [0.717, 1.165) is 6.42 Å². The van der Waals surface area contributed by atoms with Gasteiger partial charge in [-0.3, -0.25) is 0 Å². The van der Waals surface area contributed by atoms with E-state index in [1.807, 2.05) is 0 Å². The summed E-state index contributed by atoms with van der Waals surface area (Å²) < 4.78 is 6.54. The van der Waals surface area contributed by atoms with E-state index in [9.17, 15) is 0 Å². The highest BCUT2D eigenvalue weighted by Gasteiger charge is 2.37. The first-order valence-corrected chi connectivity index (χ1v) is 10.1. The summed E-state index contributed by atoms with van der Waals surface area (Å²) in [6.45, 7) is 13.4. The fourth-order valence-corrected chi connectivity index (χ4v) is 6.05. The van der Waals surface area contributed by atoms with Crippen molar-refractivity contribution >= 4 is 8.48 Å². The average molecular weight is 277 g/mol. The Bertz CT molecular complexity index is 450. The van der Waals surface area contributed by atoms with E-state index in [-0.39, 0.29) is 11.6 Å². The number of nitrogens with one attached hydrogen (secondary N) is 1. The number of benzene rings is 1. The molecule has 0 bridgehead atoms. The zero-order valence-electron chi connectivity index (χ0n) is 13.1. The van der Waals surface area contributed by atoms with Crippen LogP contribution in [0.4, 0.5) is 0 Å². The van der Waals surface area contributed by atoms with Gasteiger partial charge in [-0.1, -0.05) is 31.2 Å². The lowest BCUT2D eigenvalue weighted by molar-refractivity contribution is 0.141. The smallest absolute Gasteiger partial charge is 0.263 e. The van der Waals surface area contributed by atoms with E-state index in [2.05, 4.69) is 70.0 Å². The van der Waals surface area contributed by atoms with E-state index >= 15 is 0 Å². The van der Waals surface area contributed by atoms with Gasteiger partial charge in [0.2, 0.25) is 0 Å². The maximum absolute atomic E-state index is 6.54. The Labute approximate surface area is 118 Å². The van der Waals surface area contributed by atoms with Gasteiger partial charge in [0, 0.05) is 5.54 Å². The fraction of sp³-hybridized carbons (Fsp3) is 0.625. The van der Waals surface area contributed by atoms with Gasteiger partial charge in [0.25, 0.3) is 8.48 Å². The van der Waals surface area contributed by atoms with Crippen LogP contribution in [0.25, 0.3) is 0 Å². The predicted octanol–water partition coefficient (Wildman–Crippen LogP) is 4.03. The van der Waals surface area contributed by atoms with Crippen molar-refractivity contribution in [1.29, 1.82) is 0 Å². The topological polar surface area (TPSA) is 21.3 Å². The van der Waals surface area contributed by atoms with Crippen LogP contribution in [0.1, 0.15) is 44.9 Å². The van der Waals surface area contributed by atoms with Crippen LogP contribution in [0.15, 0.2) is 24.3 Å². The SMILES string of the molecule is CC1Cc2ccccc2C1O[Si](C)(C)NC(C)(C)C. The van der Waals surface area contributed by atoms with Gasteiger partial charge in [0.05, 0.1) is 6.10 Å². The molecule has 0 aromatic heterocycles. The predicted molar refractivity (Wildman–Crippen MR) is 83.5 cm³/mol. The molecule has 0 amide bonds. The second-order valence-corrected chi connectivity index (χ2v) is 10.8. The molecular formula is C16H27NOSi. The minimum atomic E-state index is -1.86. The van der Waals surface area contributed by atoms with Crippen LogP contribution in [-0.2, 0) is 10.8 Å². The summed E-state index contributed by atoms with van der Waals surface area (Å²) in [7, 11) is -1.86. The van der Waals surface area contributed by atoms with Crippen molar-refractivity contribution in [3.63, 3.8) is 0 Å². The maximum atomic E-state index is 6.54. The Morgan fingerprint density at radius 1 is 1.21 bits per heavy atom. The van der Waals surface area contributed by atoms with Crippen molar-refractivity contribution in [3.05, 3.63) is 35.4 Å². The Morgan fingerprint density at radius 3 is 2.47 bits per heavy atom. The van der Waals surface area contributed by atoms with Crippen molar-refractivity contribution < 1.29 is 4.43 Å². The lowest BCUT2D eigenvalue weighted by Crippen LogP contribution is -2.56. The summed E-state index contributed by atoms with van der Waals surface area (Å²) in [5.74, 6) is 0.575. The molecule has 1 aliphatic rings. The standard InChI is InChI=1S/C16H27NOSi/c1-12-11-13-9-7-8-10-14(13)15(12)18-19(5,6)17-16(2,3)4/h7-10,12,15,17H,11H2,1-6H3. The zero-order valence-corrected chi connectivity index (χ0v) is 14.1. The van der Waals surface area contributed by atoms with Crippen molar-refractivity contribution in [1.82, 2.24) is 4.98 Å². The molecule has 19 heavy (non-hydrogen) atoms. The fourth-order valence-electron chi connectivity index (χ4n) is 3.19. The minimum Gasteiger partial charge on any atom is -0.396 e. The summed E-state index contributed by atoms with van der Waals surface area (Å²) >= 11 is 0. The Kier molecular flexibility index (Phi) is 3.91. The van der Waals surface area contributed by atoms with Crippen LogP contribution in [-0.4, -0.2) is 14.0 Å². The van der Waals surface area contributed by atoms with Crippen molar-refractivity contribution in [3.8, 4) is 0 Å². The quantitative estimate of drug-likeness (QED) is 0.842. The van der Waals surface area contributed by atoms with Gasteiger partial charge in [0.1, 0.15) is 0 Å². The van der Waals surface area contributed by atoms with E-state index in [1.165, 1.54) is 11.1 Å². The van der Waals surface area contributed by atoms with Crippen LogP contribution in [0, 0.1) is 5.92 Å². The van der Waals surface area contributed by atoms with Crippen LogP contribution in [0.2, 0.25) is 13.1 Å². The molecule has 2 rings (SSSR count). The summed E-state index contributed by atoms with van der Waals surface area (Å²) in [6, 6.07) is 8.72. The largest absolute Gasteiger partial charge is 0.396 e. The Balaban J connectivity index is 2.15. The van der Waals surface area contributed by atoms with E-state index in [1.54, 1.807) is 0 Å². The van der Waals surface area contributed by atoms with Crippen LogP contribution in [0.5, 0.6) is 0 Å². The van der Waals surface area contributed by atoms with E-state index in [4.69, 9.17) is 4.43 Å². The molecule has 0 fully saturated rings. The van der Waals surface area contributed by atoms with E-state index < -0.39 is 8.48 Å². The molecule has 0 heterocycles. The molecule has 2 unspecified atom stereocenters. The molecule has 1 N–H and O–H groups in total. The van der Waals surface area contributed by atoms with Gasteiger partial charge in [-0.25, -0.2) is 0 Å². The molecule has 106 valence electrons. The van der Waals surface area contributed by atoms with Crippen LogP contribution in [0.3, 0.4) is 0 Å². The van der Waals surface area contributed by atoms with E-state index in [0.29, 0.717) is 5.92 Å². The van der Waals surface area contributed by atoms with Crippen LogP contribution >= 0.6 is 0 Å². The summed E-state index contributed by atoms with van der Waals surface area (Å²) in [6.07, 6.45) is 1.40. The highest BCUT2D eigenvalue weighted by molar-refractivity contribution is 6.68. The highest BCUT2D eigenvalue weighted by atomic mass is 28.4. The number of hydrogen-bond acceptors (Lipinski definition) is 2. The van der Waals surface area contributed by atoms with Gasteiger partial charge in [0.15, 0.2) is 0 Å². The van der Waals surface area contributed by atoms with Crippen molar-refractivity contribution in [2.45, 2.75) is 58.9 Å². The monoisotopic (exact) mass is 277 g/mol. The molecule has 0 saturated heterocycles. The lowest BCUT2D eigenvalue weighted by Gasteiger charge is -2.36. The molecule has 0 spiro atoms. The van der Waals surface area contributed by atoms with Gasteiger partial charge in [-0.05, 0) is 57.3 Å². The second kappa shape index (κ2) is 5.04. The molecule has 1 aliphatic carbocycles. The van der Waals surface area contributed by atoms with Gasteiger partial charge in [-0.2, -0.15) is 0 Å². The van der Waals surface area contributed by atoms with Gasteiger partial charge in [-0.15, -0.1) is 0 Å². The third-order valence-electron chi connectivity index (χ3n) is 3.52. The zero-order chi connectivity index (χ0) is 14.3. The Morgan fingerprint density at radius 2 is 1.84 bits per heavy atom. The normalized spacial score (nSPS) is 23.5. The molecule has 1 aromatic rings. The number of rotatable bonds is 3. The first-order chi connectivity index (χ1) is 8.68. The molecule has 2 nitrogen and oxygen atoms in total. The molecule has 2 atom stereocenters. The second-order valence-electron chi connectivity index (χ2n) is 7.30. The first kappa shape index (κ1) is 14.8. The van der Waals surface area contributed by atoms with Gasteiger partial charge < -0.3 is 9.41 Å². The molecule has 0 radical (unpaired) electrons. The molecule has 0 saturated carbocycles. The Hall–Kier alpha value is -0.643. The third kappa shape index (κ3) is 3.68. The summed E-state index contributed by atoms with van der Waals surface area (Å²) in [5.41, 5.74) is 2.96. The lowest BCUT2D eigenvalue weighted by atomic mass is 10.1. The number of fused-ring (bicyclic) bond motifs is 1. The number of hydrogen-bond donors (Lipinski definition) is 1. The first-order valence-electron chi connectivity index (χ1n) is 7.23. The van der Waals surface area contributed by atoms with Crippen molar-refractivity contribution in [2.75, 3.05) is 0 Å². The summed E-state index contributed by atoms with van der Waals surface area (Å²) in [4.78, 5) is 3.69. The van der Waals surface area contributed by atoms with Crippen molar-refractivity contribution in [2.24, 2.45) is 5.92 Å².